The normalized spacial score (nSPS) is 17.8. The van der Waals surface area contributed by atoms with Crippen molar-refractivity contribution in [3.05, 3.63) is 53.7 Å². The first-order chi connectivity index (χ1) is 12.1. The molecule has 0 bridgehead atoms. The van der Waals surface area contributed by atoms with Crippen LogP contribution in [0.15, 0.2) is 36.7 Å². The third-order valence-corrected chi connectivity index (χ3v) is 4.53. The molecule has 25 heavy (non-hydrogen) atoms. The first-order valence-corrected chi connectivity index (χ1v) is 8.24. The SMILES string of the molecule is Cc1nc2ccccc2cc1C(=O)N1CCO[C@H](c2nncn2C)C1. The highest BCUT2D eigenvalue weighted by atomic mass is 16.5. The molecule has 0 radical (unpaired) electrons. The summed E-state index contributed by atoms with van der Waals surface area (Å²) >= 11 is 0. The number of benzene rings is 1. The molecule has 0 unspecified atom stereocenters. The van der Waals surface area contributed by atoms with E-state index in [9.17, 15) is 4.79 Å². The molecule has 3 aromatic rings. The maximum absolute atomic E-state index is 13.1. The Morgan fingerprint density at radius 2 is 2.16 bits per heavy atom. The van der Waals surface area contributed by atoms with Crippen LogP contribution in [-0.4, -0.2) is 50.3 Å². The van der Waals surface area contributed by atoms with Crippen LogP contribution >= 0.6 is 0 Å². The molecule has 1 fully saturated rings. The second kappa shape index (κ2) is 6.25. The predicted molar refractivity (Wildman–Crippen MR) is 92.1 cm³/mol. The van der Waals surface area contributed by atoms with Crippen molar-refractivity contribution in [2.45, 2.75) is 13.0 Å². The molecule has 1 saturated heterocycles. The molecule has 0 saturated carbocycles. The number of aryl methyl sites for hydroxylation is 2. The minimum atomic E-state index is -0.265. The van der Waals surface area contributed by atoms with E-state index >= 15 is 0 Å². The molecule has 1 aliphatic heterocycles. The summed E-state index contributed by atoms with van der Waals surface area (Å²) in [5.41, 5.74) is 2.28. The van der Waals surface area contributed by atoms with E-state index in [0.29, 0.717) is 25.3 Å². The second-order valence-corrected chi connectivity index (χ2v) is 6.22. The van der Waals surface area contributed by atoms with Crippen LogP contribution in [0.4, 0.5) is 0 Å². The van der Waals surface area contributed by atoms with Crippen LogP contribution in [0.1, 0.15) is 28.0 Å². The van der Waals surface area contributed by atoms with Crippen molar-refractivity contribution < 1.29 is 9.53 Å². The maximum atomic E-state index is 13.1. The molecule has 7 heteroatoms. The molecule has 1 aromatic carbocycles. The number of rotatable bonds is 2. The number of carbonyl (C=O) groups excluding carboxylic acids is 1. The van der Waals surface area contributed by atoms with Crippen LogP contribution in [0.3, 0.4) is 0 Å². The van der Waals surface area contributed by atoms with E-state index < -0.39 is 0 Å². The Hall–Kier alpha value is -2.80. The van der Waals surface area contributed by atoms with Crippen LogP contribution in [0.2, 0.25) is 0 Å². The summed E-state index contributed by atoms with van der Waals surface area (Å²) in [6.07, 6.45) is 1.37. The van der Waals surface area contributed by atoms with E-state index in [0.717, 1.165) is 22.4 Å². The van der Waals surface area contributed by atoms with Gasteiger partial charge in [-0.15, -0.1) is 10.2 Å². The Kier molecular flexibility index (Phi) is 3.93. The van der Waals surface area contributed by atoms with Crippen LogP contribution in [0, 0.1) is 6.92 Å². The lowest BCUT2D eigenvalue weighted by molar-refractivity contribution is -0.0281. The molecule has 4 rings (SSSR count). The van der Waals surface area contributed by atoms with E-state index in [1.54, 1.807) is 6.33 Å². The highest BCUT2D eigenvalue weighted by Gasteiger charge is 2.29. The van der Waals surface area contributed by atoms with Crippen molar-refractivity contribution >= 4 is 16.8 Å². The molecule has 1 atom stereocenters. The number of pyridine rings is 1. The Morgan fingerprint density at radius 1 is 1.32 bits per heavy atom. The molecular weight excluding hydrogens is 318 g/mol. The summed E-state index contributed by atoms with van der Waals surface area (Å²) in [4.78, 5) is 19.4. The van der Waals surface area contributed by atoms with Crippen LogP contribution in [-0.2, 0) is 11.8 Å². The fourth-order valence-corrected chi connectivity index (χ4v) is 3.17. The molecule has 128 valence electrons. The van der Waals surface area contributed by atoms with E-state index in [-0.39, 0.29) is 12.0 Å². The molecule has 1 amide bonds. The average Bonchev–Trinajstić information content (AvgIpc) is 3.06. The number of carbonyl (C=O) groups is 1. The van der Waals surface area contributed by atoms with Gasteiger partial charge < -0.3 is 14.2 Å². The molecule has 2 aromatic heterocycles. The van der Waals surface area contributed by atoms with Gasteiger partial charge in [0.2, 0.25) is 0 Å². The van der Waals surface area contributed by atoms with Gasteiger partial charge in [-0.2, -0.15) is 0 Å². The molecular formula is C18H19N5O2. The lowest BCUT2D eigenvalue weighted by atomic mass is 10.1. The van der Waals surface area contributed by atoms with Crippen molar-refractivity contribution in [3.8, 4) is 0 Å². The Balaban J connectivity index is 1.62. The van der Waals surface area contributed by atoms with Gasteiger partial charge in [-0.05, 0) is 19.1 Å². The number of hydrogen-bond donors (Lipinski definition) is 0. The van der Waals surface area contributed by atoms with Crippen molar-refractivity contribution in [1.82, 2.24) is 24.6 Å². The summed E-state index contributed by atoms with van der Waals surface area (Å²) in [6, 6.07) is 9.75. The average molecular weight is 337 g/mol. The van der Waals surface area contributed by atoms with Gasteiger partial charge in [0.05, 0.1) is 29.9 Å². The number of morpholine rings is 1. The van der Waals surface area contributed by atoms with E-state index in [1.807, 2.05) is 53.8 Å². The molecule has 3 heterocycles. The van der Waals surface area contributed by atoms with Gasteiger partial charge in [0.1, 0.15) is 12.4 Å². The molecule has 1 aliphatic rings. The number of fused-ring (bicyclic) bond motifs is 1. The summed E-state index contributed by atoms with van der Waals surface area (Å²) in [5.74, 6) is 0.706. The molecule has 0 N–H and O–H groups in total. The monoisotopic (exact) mass is 337 g/mol. The topological polar surface area (TPSA) is 73.1 Å². The maximum Gasteiger partial charge on any atom is 0.255 e. The number of aromatic nitrogens is 4. The quantitative estimate of drug-likeness (QED) is 0.714. The highest BCUT2D eigenvalue weighted by molar-refractivity contribution is 5.98. The Bertz CT molecular complexity index is 936. The number of hydrogen-bond acceptors (Lipinski definition) is 5. The summed E-state index contributed by atoms with van der Waals surface area (Å²) in [6.45, 7) is 3.36. The highest BCUT2D eigenvalue weighted by Crippen LogP contribution is 2.23. The zero-order chi connectivity index (χ0) is 17.4. The Morgan fingerprint density at radius 3 is 2.96 bits per heavy atom. The van der Waals surface area contributed by atoms with Gasteiger partial charge in [0.15, 0.2) is 5.82 Å². The lowest BCUT2D eigenvalue weighted by Gasteiger charge is -2.32. The van der Waals surface area contributed by atoms with E-state index in [1.165, 1.54) is 0 Å². The first-order valence-electron chi connectivity index (χ1n) is 8.24. The van der Waals surface area contributed by atoms with Crippen molar-refractivity contribution in [3.63, 3.8) is 0 Å². The largest absolute Gasteiger partial charge is 0.366 e. The first kappa shape index (κ1) is 15.7. The number of amides is 1. The second-order valence-electron chi connectivity index (χ2n) is 6.22. The van der Waals surface area contributed by atoms with Crippen LogP contribution in [0.5, 0.6) is 0 Å². The zero-order valence-corrected chi connectivity index (χ0v) is 14.2. The smallest absolute Gasteiger partial charge is 0.255 e. The molecule has 0 aliphatic carbocycles. The van der Waals surface area contributed by atoms with Crippen molar-refractivity contribution in [2.24, 2.45) is 7.05 Å². The number of nitrogens with zero attached hydrogens (tertiary/aromatic N) is 5. The van der Waals surface area contributed by atoms with Crippen LogP contribution < -0.4 is 0 Å². The summed E-state index contributed by atoms with van der Waals surface area (Å²) in [7, 11) is 1.87. The van der Waals surface area contributed by atoms with Gasteiger partial charge in [-0.3, -0.25) is 9.78 Å². The third-order valence-electron chi connectivity index (χ3n) is 4.53. The van der Waals surface area contributed by atoms with E-state index in [4.69, 9.17) is 4.74 Å². The molecule has 0 spiro atoms. The van der Waals surface area contributed by atoms with Gasteiger partial charge >= 0.3 is 0 Å². The number of para-hydroxylation sites is 1. The lowest BCUT2D eigenvalue weighted by Crippen LogP contribution is -2.43. The Labute approximate surface area is 145 Å². The zero-order valence-electron chi connectivity index (χ0n) is 14.2. The third kappa shape index (κ3) is 2.87. The van der Waals surface area contributed by atoms with Crippen molar-refractivity contribution in [1.29, 1.82) is 0 Å². The minimum Gasteiger partial charge on any atom is -0.366 e. The van der Waals surface area contributed by atoms with Crippen LogP contribution in [0.25, 0.3) is 10.9 Å². The standard InChI is InChI=1S/C18H19N5O2/c1-12-14(9-13-5-3-4-6-15(13)20-12)18(24)23-7-8-25-16(10-23)17-21-19-11-22(17)2/h3-6,9,11,16H,7-8,10H2,1-2H3/t16-/m0/s1. The van der Waals surface area contributed by atoms with E-state index in [2.05, 4.69) is 15.2 Å². The van der Waals surface area contributed by atoms with Gasteiger partial charge in [-0.25, -0.2) is 0 Å². The van der Waals surface area contributed by atoms with Gasteiger partial charge in [0.25, 0.3) is 5.91 Å². The minimum absolute atomic E-state index is 0.0220. The summed E-state index contributed by atoms with van der Waals surface area (Å²) < 4.78 is 7.61. The van der Waals surface area contributed by atoms with Gasteiger partial charge in [0, 0.05) is 19.0 Å². The molecule has 7 nitrogen and oxygen atoms in total. The predicted octanol–water partition coefficient (Wildman–Crippen LogP) is 1.89. The van der Waals surface area contributed by atoms with Gasteiger partial charge in [-0.1, -0.05) is 18.2 Å². The van der Waals surface area contributed by atoms with Crippen molar-refractivity contribution in [2.75, 3.05) is 19.7 Å². The fraction of sp³-hybridized carbons (Fsp3) is 0.333. The summed E-state index contributed by atoms with van der Waals surface area (Å²) in [5, 5.41) is 8.96. The number of ether oxygens (including phenoxy) is 1. The fourth-order valence-electron chi connectivity index (χ4n) is 3.17.